The molecule has 2 fully saturated rings. The highest BCUT2D eigenvalue weighted by molar-refractivity contribution is 6.04. The number of halogens is 3. The topological polar surface area (TPSA) is 87.2 Å². The average Bonchev–Trinajstić information content (AvgIpc) is 3.42. The molecule has 3 aromatic heterocycles. The number of carbonyl (C=O) groups excluding carboxylic acids is 1. The second kappa shape index (κ2) is 6.51. The first kappa shape index (κ1) is 19.5. The second-order valence-corrected chi connectivity index (χ2v) is 8.14. The number of rotatable bonds is 3. The quantitative estimate of drug-likeness (QED) is 0.637. The van der Waals surface area contributed by atoms with Crippen LogP contribution in [0.3, 0.4) is 0 Å². The Morgan fingerprint density at radius 3 is 2.74 bits per heavy atom. The summed E-state index contributed by atoms with van der Waals surface area (Å²) in [5.41, 5.74) is -1.09. The van der Waals surface area contributed by atoms with E-state index in [2.05, 4.69) is 21.1 Å². The minimum atomic E-state index is -4.54. The Morgan fingerprint density at radius 2 is 2.06 bits per heavy atom. The SMILES string of the molecule is C[C@@H]1CN(c2nc(-c3cncc(C(F)(F)F)c3)cn3nccc23)C(=O)[C@]1(C#N)C1CC1. The second-order valence-electron chi connectivity index (χ2n) is 8.14. The first-order chi connectivity index (χ1) is 14.8. The van der Waals surface area contributed by atoms with Crippen LogP contribution in [0, 0.1) is 28.6 Å². The van der Waals surface area contributed by atoms with Gasteiger partial charge >= 0.3 is 6.18 Å². The molecule has 2 atom stereocenters. The third kappa shape index (κ3) is 2.87. The summed E-state index contributed by atoms with van der Waals surface area (Å²) in [5, 5.41) is 14.1. The molecule has 3 aromatic rings. The first-order valence-corrected chi connectivity index (χ1v) is 9.86. The van der Waals surface area contributed by atoms with Crippen molar-refractivity contribution < 1.29 is 18.0 Å². The number of aromatic nitrogens is 4. The van der Waals surface area contributed by atoms with Gasteiger partial charge in [-0.3, -0.25) is 14.7 Å². The van der Waals surface area contributed by atoms with Gasteiger partial charge in [-0.25, -0.2) is 9.50 Å². The van der Waals surface area contributed by atoms with Crippen molar-refractivity contribution in [2.75, 3.05) is 11.4 Å². The third-order valence-electron chi connectivity index (χ3n) is 6.23. The van der Waals surface area contributed by atoms with E-state index in [1.54, 1.807) is 6.07 Å². The zero-order valence-corrected chi connectivity index (χ0v) is 16.5. The molecule has 0 N–H and O–H groups in total. The average molecular weight is 426 g/mol. The molecule has 7 nitrogen and oxygen atoms in total. The molecule has 5 rings (SSSR count). The molecule has 31 heavy (non-hydrogen) atoms. The zero-order chi connectivity index (χ0) is 22.0. The Kier molecular flexibility index (Phi) is 4.09. The number of amides is 1. The molecule has 0 unspecified atom stereocenters. The lowest BCUT2D eigenvalue weighted by Crippen LogP contribution is -2.37. The number of alkyl halides is 3. The molecule has 1 saturated carbocycles. The molecule has 0 aromatic carbocycles. The molecule has 0 radical (unpaired) electrons. The summed E-state index contributed by atoms with van der Waals surface area (Å²) in [6, 6.07) is 4.92. The summed E-state index contributed by atoms with van der Waals surface area (Å²) in [5.74, 6) is -0.190. The smallest absolute Gasteiger partial charge is 0.293 e. The Hall–Kier alpha value is -3.48. The van der Waals surface area contributed by atoms with Crippen molar-refractivity contribution in [3.05, 3.63) is 42.5 Å². The van der Waals surface area contributed by atoms with Crippen molar-refractivity contribution in [2.24, 2.45) is 17.3 Å². The number of nitriles is 1. The fourth-order valence-electron chi connectivity index (χ4n) is 4.47. The van der Waals surface area contributed by atoms with Gasteiger partial charge in [-0.1, -0.05) is 6.92 Å². The van der Waals surface area contributed by atoms with E-state index in [0.717, 1.165) is 25.1 Å². The van der Waals surface area contributed by atoms with Crippen LogP contribution in [0.15, 0.2) is 36.9 Å². The van der Waals surface area contributed by atoms with Crippen LogP contribution in [0.2, 0.25) is 0 Å². The van der Waals surface area contributed by atoms with Gasteiger partial charge < -0.3 is 0 Å². The van der Waals surface area contributed by atoms with Crippen molar-refractivity contribution in [3.63, 3.8) is 0 Å². The molecule has 0 bridgehead atoms. The lowest BCUT2D eigenvalue weighted by atomic mass is 9.75. The van der Waals surface area contributed by atoms with Crippen LogP contribution in [0.1, 0.15) is 25.3 Å². The third-order valence-corrected chi connectivity index (χ3v) is 6.23. The van der Waals surface area contributed by atoms with E-state index in [1.807, 2.05) is 6.92 Å². The van der Waals surface area contributed by atoms with Crippen molar-refractivity contribution in [1.29, 1.82) is 5.26 Å². The van der Waals surface area contributed by atoms with Crippen molar-refractivity contribution in [1.82, 2.24) is 19.6 Å². The Balaban J connectivity index is 1.64. The van der Waals surface area contributed by atoms with Crippen LogP contribution in [0.5, 0.6) is 0 Å². The van der Waals surface area contributed by atoms with E-state index in [4.69, 9.17) is 0 Å². The maximum atomic E-state index is 13.4. The van der Waals surface area contributed by atoms with E-state index in [1.165, 1.54) is 28.0 Å². The normalized spacial score (nSPS) is 24.0. The van der Waals surface area contributed by atoms with Gasteiger partial charge in [0, 0.05) is 30.4 Å². The van der Waals surface area contributed by atoms with Gasteiger partial charge in [0.2, 0.25) is 5.91 Å². The van der Waals surface area contributed by atoms with E-state index in [0.29, 0.717) is 12.1 Å². The number of hydrogen-bond donors (Lipinski definition) is 0. The minimum Gasteiger partial charge on any atom is -0.293 e. The van der Waals surface area contributed by atoms with Crippen LogP contribution >= 0.6 is 0 Å². The zero-order valence-electron chi connectivity index (χ0n) is 16.5. The molecule has 1 saturated heterocycles. The number of carbonyl (C=O) groups is 1. The van der Waals surface area contributed by atoms with Crippen LogP contribution < -0.4 is 4.90 Å². The molecule has 0 spiro atoms. The fourth-order valence-corrected chi connectivity index (χ4v) is 4.47. The number of anilines is 1. The molecule has 158 valence electrons. The van der Waals surface area contributed by atoms with Gasteiger partial charge in [-0.15, -0.1) is 0 Å². The highest BCUT2D eigenvalue weighted by Gasteiger charge is 2.61. The largest absolute Gasteiger partial charge is 0.417 e. The fraction of sp³-hybridized carbons (Fsp3) is 0.381. The van der Waals surface area contributed by atoms with Crippen LogP contribution in [0.4, 0.5) is 19.0 Å². The van der Waals surface area contributed by atoms with E-state index in [9.17, 15) is 23.2 Å². The summed E-state index contributed by atoms with van der Waals surface area (Å²) in [6.45, 7) is 2.19. The molecular weight excluding hydrogens is 409 g/mol. The predicted octanol–water partition coefficient (Wildman–Crippen LogP) is 3.71. The van der Waals surface area contributed by atoms with Crippen molar-refractivity contribution >= 4 is 17.2 Å². The van der Waals surface area contributed by atoms with Gasteiger partial charge in [-0.2, -0.15) is 23.5 Å². The monoisotopic (exact) mass is 426 g/mol. The maximum Gasteiger partial charge on any atom is 0.417 e. The highest BCUT2D eigenvalue weighted by atomic mass is 19.4. The number of fused-ring (bicyclic) bond motifs is 1. The van der Waals surface area contributed by atoms with Crippen molar-refractivity contribution in [2.45, 2.75) is 25.9 Å². The van der Waals surface area contributed by atoms with Gasteiger partial charge in [0.1, 0.15) is 10.9 Å². The summed E-state index contributed by atoms with van der Waals surface area (Å²) in [7, 11) is 0. The molecule has 2 aliphatic rings. The predicted molar refractivity (Wildman–Crippen MR) is 104 cm³/mol. The summed E-state index contributed by atoms with van der Waals surface area (Å²) < 4.78 is 40.9. The summed E-state index contributed by atoms with van der Waals surface area (Å²) >= 11 is 0. The van der Waals surface area contributed by atoms with Gasteiger partial charge in [0.05, 0.1) is 29.7 Å². The van der Waals surface area contributed by atoms with Gasteiger partial charge in [0.15, 0.2) is 5.82 Å². The lowest BCUT2D eigenvalue weighted by molar-refractivity contribution is -0.137. The minimum absolute atomic E-state index is 0.0294. The maximum absolute atomic E-state index is 13.4. The molecule has 4 heterocycles. The Bertz CT molecular complexity index is 1240. The molecule has 1 aliphatic heterocycles. The summed E-state index contributed by atoms with van der Waals surface area (Å²) in [6.07, 6.45) is 2.19. The number of nitrogens with zero attached hydrogens (tertiary/aromatic N) is 6. The van der Waals surface area contributed by atoms with Crippen molar-refractivity contribution in [3.8, 4) is 17.3 Å². The highest BCUT2D eigenvalue weighted by Crippen LogP contribution is 2.54. The van der Waals surface area contributed by atoms with Crippen LogP contribution in [-0.4, -0.2) is 32.0 Å². The number of hydrogen-bond acceptors (Lipinski definition) is 5. The van der Waals surface area contributed by atoms with Gasteiger partial charge in [-0.05, 0) is 30.9 Å². The van der Waals surface area contributed by atoms with Gasteiger partial charge in [0.25, 0.3) is 0 Å². The lowest BCUT2D eigenvalue weighted by Gasteiger charge is -2.23. The molecule has 10 heteroatoms. The Morgan fingerprint density at radius 1 is 1.29 bits per heavy atom. The first-order valence-electron chi connectivity index (χ1n) is 9.86. The van der Waals surface area contributed by atoms with Crippen LogP contribution in [-0.2, 0) is 11.0 Å². The molecule has 1 amide bonds. The van der Waals surface area contributed by atoms with E-state index < -0.39 is 17.2 Å². The van der Waals surface area contributed by atoms with Crippen LogP contribution in [0.25, 0.3) is 16.8 Å². The summed E-state index contributed by atoms with van der Waals surface area (Å²) in [4.78, 5) is 23.1. The van der Waals surface area contributed by atoms with E-state index in [-0.39, 0.29) is 34.8 Å². The molecule has 1 aliphatic carbocycles. The standard InChI is InChI=1S/C21H17F3N6O/c1-12-9-29(19(31)20(12,11-25)14-2-3-14)18-17-4-5-27-30(17)10-16(28-18)13-6-15(8-26-7-13)21(22,23)24/h4-8,10,12,14H,2-3,9H2,1H3/t12-,20+/m1/s1. The molecular formula is C21H17F3N6O. The number of pyridine rings is 1. The Labute approximate surface area is 175 Å². The van der Waals surface area contributed by atoms with E-state index >= 15 is 0 Å².